The van der Waals surface area contributed by atoms with Crippen molar-refractivity contribution in [2.24, 2.45) is 0 Å². The van der Waals surface area contributed by atoms with Crippen LogP contribution in [0.2, 0.25) is 0 Å². The van der Waals surface area contributed by atoms with Gasteiger partial charge in [-0.25, -0.2) is 4.98 Å². The van der Waals surface area contributed by atoms with Crippen molar-refractivity contribution in [3.63, 3.8) is 0 Å². The molecule has 0 unspecified atom stereocenters. The lowest BCUT2D eigenvalue weighted by Crippen LogP contribution is -2.44. The summed E-state index contributed by atoms with van der Waals surface area (Å²) in [5.74, 6) is 0.0214. The molecule has 22 heavy (non-hydrogen) atoms. The Kier molecular flexibility index (Phi) is 4.27. The van der Waals surface area contributed by atoms with E-state index in [4.69, 9.17) is 0 Å². The molecule has 0 spiro atoms. The normalized spacial score (nSPS) is 16.1. The Labute approximate surface area is 135 Å². The van der Waals surface area contributed by atoms with Crippen LogP contribution in [0.25, 0.3) is 0 Å². The molecule has 1 atom stereocenters. The van der Waals surface area contributed by atoms with Crippen LogP contribution in [0, 0.1) is 13.8 Å². The van der Waals surface area contributed by atoms with E-state index in [1.54, 1.807) is 0 Å². The van der Waals surface area contributed by atoms with Crippen molar-refractivity contribution in [2.45, 2.75) is 39.8 Å². The van der Waals surface area contributed by atoms with Gasteiger partial charge in [-0.1, -0.05) is 24.3 Å². The van der Waals surface area contributed by atoms with E-state index in [9.17, 15) is 4.79 Å². The summed E-state index contributed by atoms with van der Waals surface area (Å²) in [5, 5.41) is 3.65. The average molecular weight is 315 g/mol. The van der Waals surface area contributed by atoms with Crippen LogP contribution in [-0.4, -0.2) is 28.4 Å². The molecule has 1 amide bonds. The third-order valence-corrected chi connectivity index (χ3v) is 5.33. The molecule has 2 heterocycles. The van der Waals surface area contributed by atoms with E-state index < -0.39 is 0 Å². The number of aromatic nitrogens is 1. The van der Waals surface area contributed by atoms with Crippen molar-refractivity contribution in [1.29, 1.82) is 0 Å². The van der Waals surface area contributed by atoms with Crippen molar-refractivity contribution in [3.8, 4) is 0 Å². The Morgan fingerprint density at radius 3 is 2.73 bits per heavy atom. The van der Waals surface area contributed by atoms with E-state index in [0.29, 0.717) is 5.13 Å². The first kappa shape index (κ1) is 15.2. The minimum absolute atomic E-state index is 0.0214. The molecule has 0 radical (unpaired) electrons. The Balaban J connectivity index is 1.66. The van der Waals surface area contributed by atoms with Gasteiger partial charge in [-0.2, -0.15) is 0 Å². The number of amides is 1. The van der Waals surface area contributed by atoms with Crippen LogP contribution in [-0.2, 0) is 17.8 Å². The fraction of sp³-hybridized carbons (Fsp3) is 0.412. The zero-order valence-electron chi connectivity index (χ0n) is 13.2. The van der Waals surface area contributed by atoms with Gasteiger partial charge in [-0.15, -0.1) is 11.3 Å². The average Bonchev–Trinajstić information content (AvgIpc) is 2.84. The zero-order valence-corrected chi connectivity index (χ0v) is 14.0. The molecular formula is C17H21N3OS. The number of benzene rings is 1. The summed E-state index contributed by atoms with van der Waals surface area (Å²) in [6.45, 7) is 7.71. The number of carbonyl (C=O) groups excluding carboxylic acids is 1. The topological polar surface area (TPSA) is 45.2 Å². The van der Waals surface area contributed by atoms with Crippen LogP contribution in [0.15, 0.2) is 24.3 Å². The number of thiazole rings is 1. The molecule has 116 valence electrons. The highest BCUT2D eigenvalue weighted by atomic mass is 32.1. The SMILES string of the molecule is Cc1nc(NC(=O)[C@@H](C)N2CCc3ccccc3C2)sc1C. The molecule has 1 N–H and O–H groups in total. The van der Waals surface area contributed by atoms with Gasteiger partial charge in [0.15, 0.2) is 5.13 Å². The molecule has 1 aliphatic rings. The Bertz CT molecular complexity index is 675. The molecule has 2 aromatic rings. The highest BCUT2D eigenvalue weighted by molar-refractivity contribution is 7.15. The Morgan fingerprint density at radius 1 is 1.32 bits per heavy atom. The van der Waals surface area contributed by atoms with E-state index in [0.717, 1.165) is 30.1 Å². The van der Waals surface area contributed by atoms with Crippen LogP contribution in [0.4, 0.5) is 5.13 Å². The molecule has 3 rings (SSSR count). The molecule has 0 saturated carbocycles. The van der Waals surface area contributed by atoms with Crippen molar-refractivity contribution >= 4 is 22.4 Å². The van der Waals surface area contributed by atoms with Crippen LogP contribution in [0.1, 0.15) is 28.6 Å². The Morgan fingerprint density at radius 2 is 2.05 bits per heavy atom. The first-order chi connectivity index (χ1) is 10.5. The molecule has 1 aliphatic heterocycles. The van der Waals surface area contributed by atoms with E-state index in [1.165, 1.54) is 22.5 Å². The quantitative estimate of drug-likeness (QED) is 0.946. The van der Waals surface area contributed by atoms with Crippen LogP contribution in [0.5, 0.6) is 0 Å². The monoisotopic (exact) mass is 315 g/mol. The smallest absolute Gasteiger partial charge is 0.243 e. The standard InChI is InChI=1S/C17H21N3OS/c1-11-13(3)22-17(18-11)19-16(21)12(2)20-9-8-14-6-4-5-7-15(14)10-20/h4-7,12H,8-10H2,1-3H3,(H,18,19,21)/t12-/m1/s1. The van der Waals surface area contributed by atoms with Crippen LogP contribution < -0.4 is 5.32 Å². The van der Waals surface area contributed by atoms with Gasteiger partial charge in [0.1, 0.15) is 0 Å². The Hall–Kier alpha value is -1.72. The molecule has 0 saturated heterocycles. The predicted molar refractivity (Wildman–Crippen MR) is 90.2 cm³/mol. The third kappa shape index (κ3) is 3.05. The van der Waals surface area contributed by atoms with Gasteiger partial charge in [0.05, 0.1) is 11.7 Å². The maximum absolute atomic E-state index is 12.5. The summed E-state index contributed by atoms with van der Waals surface area (Å²) < 4.78 is 0. The summed E-state index contributed by atoms with van der Waals surface area (Å²) in [6.07, 6.45) is 1.00. The van der Waals surface area contributed by atoms with Gasteiger partial charge >= 0.3 is 0 Å². The van der Waals surface area contributed by atoms with Crippen molar-refractivity contribution in [2.75, 3.05) is 11.9 Å². The minimum atomic E-state index is -0.155. The van der Waals surface area contributed by atoms with Crippen molar-refractivity contribution in [1.82, 2.24) is 9.88 Å². The van der Waals surface area contributed by atoms with Gasteiger partial charge in [0.2, 0.25) is 5.91 Å². The number of nitrogens with zero attached hydrogens (tertiary/aromatic N) is 2. The highest BCUT2D eigenvalue weighted by Crippen LogP contribution is 2.23. The predicted octanol–water partition coefficient (Wildman–Crippen LogP) is 3.15. The number of hydrogen-bond acceptors (Lipinski definition) is 4. The maximum Gasteiger partial charge on any atom is 0.243 e. The maximum atomic E-state index is 12.5. The summed E-state index contributed by atoms with van der Waals surface area (Å²) >= 11 is 1.53. The molecule has 0 fully saturated rings. The number of aryl methyl sites for hydroxylation is 2. The summed E-state index contributed by atoms with van der Waals surface area (Å²) in [5.41, 5.74) is 3.71. The van der Waals surface area contributed by atoms with E-state index in [2.05, 4.69) is 39.5 Å². The van der Waals surface area contributed by atoms with E-state index in [-0.39, 0.29) is 11.9 Å². The summed E-state index contributed by atoms with van der Waals surface area (Å²) in [6, 6.07) is 8.32. The van der Waals surface area contributed by atoms with Gasteiger partial charge in [0, 0.05) is 18.0 Å². The number of carbonyl (C=O) groups is 1. The second kappa shape index (κ2) is 6.18. The van der Waals surface area contributed by atoms with E-state index >= 15 is 0 Å². The molecule has 4 nitrogen and oxygen atoms in total. The lowest BCUT2D eigenvalue weighted by Gasteiger charge is -2.32. The molecule has 0 aliphatic carbocycles. The van der Waals surface area contributed by atoms with Crippen LogP contribution >= 0.6 is 11.3 Å². The summed E-state index contributed by atoms with van der Waals surface area (Å²) in [7, 11) is 0. The van der Waals surface area contributed by atoms with Gasteiger partial charge in [-0.05, 0) is 38.3 Å². The first-order valence-corrected chi connectivity index (χ1v) is 8.42. The molecule has 1 aromatic heterocycles. The second-order valence-electron chi connectivity index (χ2n) is 5.82. The third-order valence-electron chi connectivity index (χ3n) is 4.35. The lowest BCUT2D eigenvalue weighted by molar-refractivity contribution is -0.121. The van der Waals surface area contributed by atoms with Gasteiger partial charge in [-0.3, -0.25) is 9.69 Å². The minimum Gasteiger partial charge on any atom is -0.301 e. The zero-order chi connectivity index (χ0) is 15.7. The number of anilines is 1. The number of hydrogen-bond donors (Lipinski definition) is 1. The molecule has 5 heteroatoms. The largest absolute Gasteiger partial charge is 0.301 e. The van der Waals surface area contributed by atoms with Gasteiger partial charge < -0.3 is 5.32 Å². The summed E-state index contributed by atoms with van der Waals surface area (Å²) in [4.78, 5) is 20.2. The second-order valence-corrected chi connectivity index (χ2v) is 7.02. The van der Waals surface area contributed by atoms with E-state index in [1.807, 2.05) is 20.8 Å². The molecular weight excluding hydrogens is 294 g/mol. The van der Waals surface area contributed by atoms with Gasteiger partial charge in [0.25, 0.3) is 0 Å². The number of nitrogens with one attached hydrogen (secondary N) is 1. The number of rotatable bonds is 3. The lowest BCUT2D eigenvalue weighted by atomic mass is 9.99. The fourth-order valence-electron chi connectivity index (χ4n) is 2.75. The van der Waals surface area contributed by atoms with Crippen molar-refractivity contribution in [3.05, 3.63) is 46.0 Å². The highest BCUT2D eigenvalue weighted by Gasteiger charge is 2.25. The fourth-order valence-corrected chi connectivity index (χ4v) is 3.57. The first-order valence-electron chi connectivity index (χ1n) is 7.60. The molecule has 0 bridgehead atoms. The number of fused-ring (bicyclic) bond motifs is 1. The molecule has 1 aromatic carbocycles. The van der Waals surface area contributed by atoms with Crippen LogP contribution in [0.3, 0.4) is 0 Å². The van der Waals surface area contributed by atoms with Crippen molar-refractivity contribution < 1.29 is 4.79 Å².